The van der Waals surface area contributed by atoms with Crippen LogP contribution in [0.2, 0.25) is 18.1 Å². The lowest BCUT2D eigenvalue weighted by Crippen LogP contribution is -2.45. The highest BCUT2D eigenvalue weighted by molar-refractivity contribution is 6.74. The number of amides is 1. The van der Waals surface area contributed by atoms with Gasteiger partial charge in [0.2, 0.25) is 6.23 Å². The molecule has 12 heteroatoms. The number of nitrogens with one attached hydrogen (secondary N) is 1. The van der Waals surface area contributed by atoms with Crippen LogP contribution in [-0.2, 0) is 13.9 Å². The van der Waals surface area contributed by atoms with E-state index in [-0.39, 0.29) is 24.1 Å². The van der Waals surface area contributed by atoms with Crippen molar-refractivity contribution in [3.63, 3.8) is 0 Å². The van der Waals surface area contributed by atoms with Crippen LogP contribution in [0.1, 0.15) is 27.0 Å². The number of nitrogens with zero attached hydrogens (tertiary/aromatic N) is 2. The SMILES string of the molecule is C=CCOC(=O)Nc1ccn([C@@H]2OC(CO[Si](C)(C)C(C)(C)C)[C@@H](O)C2(F)F)c(=O)n1. The van der Waals surface area contributed by atoms with Gasteiger partial charge in [0.1, 0.15) is 18.5 Å². The summed E-state index contributed by atoms with van der Waals surface area (Å²) in [7, 11) is -2.27. The van der Waals surface area contributed by atoms with Gasteiger partial charge in [0.25, 0.3) is 0 Å². The van der Waals surface area contributed by atoms with Crippen LogP contribution >= 0.6 is 0 Å². The lowest BCUT2D eigenvalue weighted by Gasteiger charge is -2.37. The molecule has 3 atom stereocenters. The van der Waals surface area contributed by atoms with Crippen LogP contribution < -0.4 is 11.0 Å². The molecule has 2 N–H and O–H groups in total. The van der Waals surface area contributed by atoms with E-state index in [1.807, 2.05) is 33.9 Å². The zero-order valence-electron chi connectivity index (χ0n) is 18.2. The van der Waals surface area contributed by atoms with Crippen LogP contribution in [0.15, 0.2) is 29.7 Å². The van der Waals surface area contributed by atoms with Gasteiger partial charge in [-0.05, 0) is 24.2 Å². The Balaban J connectivity index is 2.16. The molecule has 0 saturated carbocycles. The summed E-state index contributed by atoms with van der Waals surface area (Å²) in [5.74, 6) is -3.94. The van der Waals surface area contributed by atoms with E-state index < -0.39 is 44.5 Å². The maximum atomic E-state index is 14.7. The number of aliphatic hydroxyl groups excluding tert-OH is 1. The molecular weight excluding hydrogens is 432 g/mol. The molecule has 0 aliphatic carbocycles. The first kappa shape index (κ1) is 25.1. The molecule has 1 aromatic rings. The van der Waals surface area contributed by atoms with Crippen molar-refractivity contribution in [2.45, 2.75) is 63.3 Å². The van der Waals surface area contributed by atoms with Crippen molar-refractivity contribution in [2.75, 3.05) is 18.5 Å². The number of carbonyl (C=O) groups excluding carboxylic acids is 1. The van der Waals surface area contributed by atoms with Gasteiger partial charge in [-0.25, -0.2) is 9.59 Å². The van der Waals surface area contributed by atoms with Crippen LogP contribution in [0, 0.1) is 0 Å². The minimum Gasteiger partial charge on any atom is -0.445 e. The van der Waals surface area contributed by atoms with Crippen molar-refractivity contribution in [1.82, 2.24) is 9.55 Å². The molecule has 1 saturated heterocycles. The number of hydrogen-bond donors (Lipinski definition) is 2. The smallest absolute Gasteiger partial charge is 0.413 e. The third-order valence-electron chi connectivity index (χ3n) is 5.44. The molecule has 0 aromatic carbocycles. The number of aliphatic hydroxyl groups is 1. The second-order valence-corrected chi connectivity index (χ2v) is 13.5. The Kier molecular flexibility index (Phi) is 7.41. The molecule has 1 aliphatic heterocycles. The molecule has 0 radical (unpaired) electrons. The van der Waals surface area contributed by atoms with E-state index in [4.69, 9.17) is 13.9 Å². The van der Waals surface area contributed by atoms with Crippen LogP contribution in [-0.4, -0.2) is 60.4 Å². The highest BCUT2D eigenvalue weighted by Gasteiger charge is 2.60. The van der Waals surface area contributed by atoms with Gasteiger partial charge in [0, 0.05) is 6.20 Å². The number of aromatic nitrogens is 2. The average molecular weight is 462 g/mol. The summed E-state index contributed by atoms with van der Waals surface area (Å²) >= 11 is 0. The number of alkyl halides is 2. The zero-order chi connectivity index (χ0) is 23.6. The molecule has 0 bridgehead atoms. The lowest BCUT2D eigenvalue weighted by atomic mass is 10.1. The fourth-order valence-electron chi connectivity index (χ4n) is 2.55. The Morgan fingerprint density at radius 2 is 2.13 bits per heavy atom. The first-order valence-electron chi connectivity index (χ1n) is 9.70. The van der Waals surface area contributed by atoms with Gasteiger partial charge in [-0.15, -0.1) is 0 Å². The first-order chi connectivity index (χ1) is 14.2. The molecular formula is C19H29F2N3O6Si. The Morgan fingerprint density at radius 1 is 1.48 bits per heavy atom. The Bertz CT molecular complexity index is 871. The van der Waals surface area contributed by atoms with Crippen molar-refractivity contribution >= 4 is 20.2 Å². The number of rotatable bonds is 7. The molecule has 2 rings (SSSR count). The largest absolute Gasteiger partial charge is 0.445 e. The van der Waals surface area contributed by atoms with Gasteiger partial charge < -0.3 is 19.0 Å². The van der Waals surface area contributed by atoms with Crippen molar-refractivity contribution in [3.05, 3.63) is 35.4 Å². The summed E-state index contributed by atoms with van der Waals surface area (Å²) in [6.45, 7) is 13.0. The minimum atomic E-state index is -3.76. The molecule has 2 heterocycles. The third-order valence-corrected chi connectivity index (χ3v) is 9.94. The number of carbonyl (C=O) groups is 1. The second-order valence-electron chi connectivity index (χ2n) is 8.73. The Labute approximate surface area is 180 Å². The Morgan fingerprint density at radius 3 is 2.68 bits per heavy atom. The maximum Gasteiger partial charge on any atom is 0.413 e. The molecule has 1 amide bonds. The molecule has 31 heavy (non-hydrogen) atoms. The van der Waals surface area contributed by atoms with E-state index in [0.717, 1.165) is 12.3 Å². The molecule has 1 fully saturated rings. The van der Waals surface area contributed by atoms with Gasteiger partial charge in [0.15, 0.2) is 14.4 Å². The normalized spacial score (nSPS) is 23.4. The predicted molar refractivity (Wildman–Crippen MR) is 112 cm³/mol. The van der Waals surface area contributed by atoms with Crippen LogP contribution in [0.3, 0.4) is 0 Å². The zero-order valence-corrected chi connectivity index (χ0v) is 19.2. The van der Waals surface area contributed by atoms with Gasteiger partial charge >= 0.3 is 17.7 Å². The van der Waals surface area contributed by atoms with Crippen molar-refractivity contribution in [1.29, 1.82) is 0 Å². The topological polar surface area (TPSA) is 112 Å². The standard InChI is InChI=1S/C19H29F2N3O6Si/c1-7-10-28-17(27)23-13-8-9-24(16(26)22-13)15-19(20,21)14(25)12(30-15)11-29-31(5,6)18(2,3)4/h7-9,12,14-15,25H,1,10-11H2,2-6H3,(H,22,23,26,27)/t12?,14-,15-/m1/s1. The number of hydrogen-bond acceptors (Lipinski definition) is 7. The molecule has 9 nitrogen and oxygen atoms in total. The second kappa shape index (κ2) is 9.15. The summed E-state index contributed by atoms with van der Waals surface area (Å²) in [6.07, 6.45) is -4.10. The Hall–Kier alpha value is -2.15. The molecule has 0 spiro atoms. The number of anilines is 1. The van der Waals surface area contributed by atoms with Gasteiger partial charge in [-0.1, -0.05) is 33.4 Å². The van der Waals surface area contributed by atoms with Crippen molar-refractivity contribution in [3.8, 4) is 0 Å². The summed E-state index contributed by atoms with van der Waals surface area (Å²) < 4.78 is 45.9. The van der Waals surface area contributed by atoms with Gasteiger partial charge in [-0.3, -0.25) is 9.88 Å². The van der Waals surface area contributed by atoms with Crippen LogP contribution in [0.25, 0.3) is 0 Å². The first-order valence-corrected chi connectivity index (χ1v) is 12.6. The maximum absolute atomic E-state index is 14.7. The fourth-order valence-corrected chi connectivity index (χ4v) is 3.56. The van der Waals surface area contributed by atoms with E-state index in [2.05, 4.69) is 16.9 Å². The van der Waals surface area contributed by atoms with Gasteiger partial charge in [-0.2, -0.15) is 13.8 Å². The molecule has 1 unspecified atom stereocenters. The van der Waals surface area contributed by atoms with E-state index in [0.29, 0.717) is 4.57 Å². The highest BCUT2D eigenvalue weighted by Crippen LogP contribution is 2.43. The molecule has 1 aromatic heterocycles. The summed E-state index contributed by atoms with van der Waals surface area (Å²) in [6, 6.07) is 1.14. The predicted octanol–water partition coefficient (Wildman–Crippen LogP) is 2.89. The van der Waals surface area contributed by atoms with E-state index in [9.17, 15) is 23.5 Å². The van der Waals surface area contributed by atoms with Crippen LogP contribution in [0.5, 0.6) is 0 Å². The summed E-state index contributed by atoms with van der Waals surface area (Å²) in [5.41, 5.74) is -1.09. The van der Waals surface area contributed by atoms with Gasteiger partial charge in [0.05, 0.1) is 6.61 Å². The van der Waals surface area contributed by atoms with Crippen molar-refractivity contribution in [2.24, 2.45) is 0 Å². The number of ether oxygens (including phenoxy) is 2. The lowest BCUT2D eigenvalue weighted by molar-refractivity contribution is -0.140. The van der Waals surface area contributed by atoms with E-state index >= 15 is 0 Å². The van der Waals surface area contributed by atoms with E-state index in [1.165, 1.54) is 6.08 Å². The van der Waals surface area contributed by atoms with Crippen molar-refractivity contribution < 1.29 is 32.6 Å². The van der Waals surface area contributed by atoms with Crippen LogP contribution in [0.4, 0.5) is 19.4 Å². The molecule has 174 valence electrons. The van der Waals surface area contributed by atoms with E-state index in [1.54, 1.807) is 0 Å². The quantitative estimate of drug-likeness (QED) is 0.474. The molecule has 1 aliphatic rings. The third kappa shape index (κ3) is 5.56. The number of halogens is 2. The fraction of sp³-hybridized carbons (Fsp3) is 0.632. The summed E-state index contributed by atoms with van der Waals surface area (Å²) in [5, 5.41) is 12.2. The highest BCUT2D eigenvalue weighted by atomic mass is 28.4. The monoisotopic (exact) mass is 461 g/mol. The minimum absolute atomic E-state index is 0.0543. The average Bonchev–Trinajstić information content (AvgIpc) is 2.87. The summed E-state index contributed by atoms with van der Waals surface area (Å²) in [4.78, 5) is 27.4.